The Balaban J connectivity index is 1.70. The number of nitrogens with one attached hydrogen (secondary N) is 2. The van der Waals surface area contributed by atoms with Crippen molar-refractivity contribution in [1.29, 1.82) is 0 Å². The molecule has 1 aliphatic carbocycles. The molecule has 1 fully saturated rings. The second kappa shape index (κ2) is 11.8. The molecule has 3 aromatic rings. The Hall–Kier alpha value is -3.74. The fourth-order valence-electron chi connectivity index (χ4n) is 4.71. The lowest BCUT2D eigenvalue weighted by molar-refractivity contribution is -0.126. The molecular weight excluding hydrogens is 460 g/mol. The quantitative estimate of drug-likeness (QED) is 0.412. The van der Waals surface area contributed by atoms with Crippen molar-refractivity contribution >= 4 is 23.2 Å². The maximum absolute atomic E-state index is 14.3. The van der Waals surface area contributed by atoms with E-state index in [0.29, 0.717) is 11.3 Å². The Morgan fingerprint density at radius 2 is 1.64 bits per heavy atom. The number of hydrogen-bond acceptors (Lipinski definition) is 3. The van der Waals surface area contributed by atoms with E-state index < -0.39 is 17.8 Å². The number of benzene rings is 3. The summed E-state index contributed by atoms with van der Waals surface area (Å²) in [6, 6.07) is 17.8. The Labute approximate surface area is 210 Å². The van der Waals surface area contributed by atoms with Gasteiger partial charge in [0.25, 0.3) is 0 Å². The zero-order valence-electron chi connectivity index (χ0n) is 20.3. The predicted molar refractivity (Wildman–Crippen MR) is 138 cm³/mol. The van der Waals surface area contributed by atoms with E-state index in [1.807, 2.05) is 31.2 Å². The molecule has 4 rings (SSSR count). The van der Waals surface area contributed by atoms with E-state index in [-0.39, 0.29) is 30.0 Å². The third kappa shape index (κ3) is 6.27. The van der Waals surface area contributed by atoms with Crippen molar-refractivity contribution < 1.29 is 18.4 Å². The lowest BCUT2D eigenvalue weighted by Crippen LogP contribution is -2.48. The van der Waals surface area contributed by atoms with Crippen LogP contribution in [-0.2, 0) is 9.59 Å². The number of rotatable bonds is 8. The summed E-state index contributed by atoms with van der Waals surface area (Å²) in [5.41, 5.74) is 2.36. The van der Waals surface area contributed by atoms with Crippen LogP contribution in [0, 0.1) is 18.6 Å². The normalized spacial score (nSPS) is 14.6. The molecule has 3 aromatic carbocycles. The monoisotopic (exact) mass is 491 g/mol. The van der Waals surface area contributed by atoms with Crippen molar-refractivity contribution in [3.63, 3.8) is 0 Å². The highest BCUT2D eigenvalue weighted by atomic mass is 19.1. The fourth-order valence-corrected chi connectivity index (χ4v) is 4.71. The fraction of sp³-hybridized carbons (Fsp3) is 0.310. The van der Waals surface area contributed by atoms with Gasteiger partial charge in [-0.1, -0.05) is 49.6 Å². The summed E-state index contributed by atoms with van der Waals surface area (Å²) in [7, 11) is 0. The summed E-state index contributed by atoms with van der Waals surface area (Å²) < 4.78 is 27.6. The molecule has 36 heavy (non-hydrogen) atoms. The summed E-state index contributed by atoms with van der Waals surface area (Å²) in [4.78, 5) is 28.9. The smallest absolute Gasteiger partial charge is 0.248 e. The van der Waals surface area contributed by atoms with E-state index in [0.717, 1.165) is 37.7 Å². The molecular formula is C29H31F2N3O2. The minimum Gasteiger partial charge on any atom is -0.376 e. The van der Waals surface area contributed by atoms with Crippen LogP contribution in [0.1, 0.15) is 49.3 Å². The second-order valence-electron chi connectivity index (χ2n) is 9.21. The highest BCUT2D eigenvalue weighted by molar-refractivity contribution is 6.03. The first-order valence-electron chi connectivity index (χ1n) is 12.4. The van der Waals surface area contributed by atoms with Crippen LogP contribution in [0.15, 0.2) is 72.8 Å². The number of hydrogen-bond donors (Lipinski definition) is 2. The van der Waals surface area contributed by atoms with Crippen LogP contribution in [0.2, 0.25) is 0 Å². The molecule has 1 aliphatic rings. The van der Waals surface area contributed by atoms with Gasteiger partial charge in [-0.25, -0.2) is 8.78 Å². The zero-order chi connectivity index (χ0) is 25.5. The number of carbonyl (C=O) groups is 2. The van der Waals surface area contributed by atoms with Crippen molar-refractivity contribution in [1.82, 2.24) is 5.32 Å². The van der Waals surface area contributed by atoms with Crippen molar-refractivity contribution in [3.05, 3.63) is 95.6 Å². The van der Waals surface area contributed by atoms with Gasteiger partial charge in [-0.15, -0.1) is 0 Å². The lowest BCUT2D eigenvalue weighted by Gasteiger charge is -2.34. The maximum atomic E-state index is 14.3. The van der Waals surface area contributed by atoms with Gasteiger partial charge in [0.05, 0.1) is 6.54 Å². The van der Waals surface area contributed by atoms with E-state index in [2.05, 4.69) is 10.6 Å². The Morgan fingerprint density at radius 3 is 2.33 bits per heavy atom. The topological polar surface area (TPSA) is 61.4 Å². The van der Waals surface area contributed by atoms with E-state index in [1.54, 1.807) is 6.07 Å². The molecule has 0 heterocycles. The van der Waals surface area contributed by atoms with Gasteiger partial charge in [-0.3, -0.25) is 14.5 Å². The lowest BCUT2D eigenvalue weighted by atomic mass is 9.93. The number of anilines is 2. The molecule has 7 heteroatoms. The summed E-state index contributed by atoms with van der Waals surface area (Å²) >= 11 is 0. The van der Waals surface area contributed by atoms with Gasteiger partial charge < -0.3 is 10.6 Å². The minimum atomic E-state index is -0.988. The van der Waals surface area contributed by atoms with Gasteiger partial charge in [-0.2, -0.15) is 0 Å². The highest BCUT2D eigenvalue weighted by Crippen LogP contribution is 2.31. The molecule has 0 saturated heterocycles. The number of amides is 2. The van der Waals surface area contributed by atoms with E-state index in [4.69, 9.17) is 0 Å². The van der Waals surface area contributed by atoms with Gasteiger partial charge in [0.1, 0.15) is 17.7 Å². The highest BCUT2D eigenvalue weighted by Gasteiger charge is 2.35. The summed E-state index contributed by atoms with van der Waals surface area (Å²) in [6.45, 7) is 1.72. The third-order valence-electron chi connectivity index (χ3n) is 6.58. The van der Waals surface area contributed by atoms with Crippen LogP contribution < -0.4 is 15.5 Å². The van der Waals surface area contributed by atoms with Gasteiger partial charge >= 0.3 is 0 Å². The van der Waals surface area contributed by atoms with E-state index in [1.165, 1.54) is 47.4 Å². The molecule has 1 atom stereocenters. The summed E-state index contributed by atoms with van der Waals surface area (Å²) in [5.74, 6) is -1.60. The molecule has 5 nitrogen and oxygen atoms in total. The molecule has 188 valence electrons. The Bertz CT molecular complexity index is 1190. The van der Waals surface area contributed by atoms with Crippen molar-refractivity contribution in [2.24, 2.45) is 0 Å². The first-order valence-corrected chi connectivity index (χ1v) is 12.4. The predicted octanol–water partition coefficient (Wildman–Crippen LogP) is 5.91. The second-order valence-corrected chi connectivity index (χ2v) is 9.21. The zero-order valence-corrected chi connectivity index (χ0v) is 20.3. The van der Waals surface area contributed by atoms with Gasteiger partial charge in [0.15, 0.2) is 0 Å². The van der Waals surface area contributed by atoms with Crippen molar-refractivity contribution in [2.45, 2.75) is 51.1 Å². The van der Waals surface area contributed by atoms with Crippen LogP contribution in [-0.4, -0.2) is 24.4 Å². The first kappa shape index (κ1) is 25.4. The minimum absolute atomic E-state index is 0.0413. The molecule has 0 aliphatic heterocycles. The number of halogens is 2. The molecule has 0 aromatic heterocycles. The number of nitrogens with zero attached hydrogens (tertiary/aromatic N) is 1. The van der Waals surface area contributed by atoms with Gasteiger partial charge in [0, 0.05) is 17.4 Å². The molecule has 0 bridgehead atoms. The number of aryl methyl sites for hydroxylation is 1. The van der Waals surface area contributed by atoms with Crippen LogP contribution >= 0.6 is 0 Å². The SMILES string of the molecule is Cc1ccccc1C(C(=O)NC1CCCCC1)N(C(=O)CNc1ccc(F)cc1)c1cccc(F)c1. The molecule has 1 unspecified atom stereocenters. The Kier molecular flexibility index (Phi) is 8.31. The van der Waals surface area contributed by atoms with Gasteiger partial charge in [-0.05, 0) is 73.4 Å². The molecule has 0 spiro atoms. The van der Waals surface area contributed by atoms with Crippen LogP contribution in [0.25, 0.3) is 0 Å². The average Bonchev–Trinajstić information content (AvgIpc) is 2.88. The molecule has 2 N–H and O–H groups in total. The number of carbonyl (C=O) groups excluding carboxylic acids is 2. The van der Waals surface area contributed by atoms with Crippen LogP contribution in [0.5, 0.6) is 0 Å². The average molecular weight is 492 g/mol. The largest absolute Gasteiger partial charge is 0.376 e. The van der Waals surface area contributed by atoms with Crippen molar-refractivity contribution in [3.8, 4) is 0 Å². The van der Waals surface area contributed by atoms with Crippen LogP contribution in [0.4, 0.5) is 20.2 Å². The van der Waals surface area contributed by atoms with Gasteiger partial charge in [0.2, 0.25) is 11.8 Å². The van der Waals surface area contributed by atoms with E-state index >= 15 is 0 Å². The molecule has 0 radical (unpaired) electrons. The maximum Gasteiger partial charge on any atom is 0.248 e. The standard InChI is InChI=1S/C29H31F2N3O2/c1-20-8-5-6-13-26(20)28(29(36)33-24-10-3-2-4-11-24)34(25-12-7-9-22(31)18-25)27(35)19-32-23-16-14-21(30)15-17-23/h5-9,12-18,24,28,32H,2-4,10-11,19H2,1H3,(H,33,36). The van der Waals surface area contributed by atoms with Crippen LogP contribution in [0.3, 0.4) is 0 Å². The van der Waals surface area contributed by atoms with Crippen molar-refractivity contribution in [2.75, 3.05) is 16.8 Å². The summed E-state index contributed by atoms with van der Waals surface area (Å²) in [5, 5.41) is 6.15. The molecule has 1 saturated carbocycles. The van der Waals surface area contributed by atoms with E-state index in [9.17, 15) is 18.4 Å². The Morgan fingerprint density at radius 1 is 0.917 bits per heavy atom. The first-order chi connectivity index (χ1) is 17.4. The molecule has 2 amide bonds. The summed E-state index contributed by atoms with van der Waals surface area (Å²) in [6.07, 6.45) is 5.04. The third-order valence-corrected chi connectivity index (χ3v) is 6.58.